The summed E-state index contributed by atoms with van der Waals surface area (Å²) in [5.74, 6) is -0.152. The van der Waals surface area contributed by atoms with Gasteiger partial charge in [-0.1, -0.05) is 48.0 Å². The van der Waals surface area contributed by atoms with Crippen LogP contribution >= 0.6 is 11.6 Å². The van der Waals surface area contributed by atoms with Crippen molar-refractivity contribution in [3.63, 3.8) is 0 Å². The number of Topliss-reactive ketones (excluding diaryl/α,β-unsaturated/α-hetero) is 1. The van der Waals surface area contributed by atoms with Crippen LogP contribution in [0.2, 0.25) is 5.02 Å². The second-order valence-electron chi connectivity index (χ2n) is 7.67. The lowest BCUT2D eigenvalue weighted by atomic mass is 9.74. The Kier molecular flexibility index (Phi) is 5.67. The number of halogens is 1. The number of ketones is 1. The van der Waals surface area contributed by atoms with Crippen LogP contribution in [-0.4, -0.2) is 30.7 Å². The number of fused-ring (bicyclic) bond motifs is 1. The highest BCUT2D eigenvalue weighted by Crippen LogP contribution is 2.43. The number of likely N-dealkylation sites (N-methyl/N-ethyl adjacent to an activating group) is 1. The summed E-state index contributed by atoms with van der Waals surface area (Å²) in [7, 11) is 3.24. The number of furan rings is 1. The Labute approximate surface area is 180 Å². The molecule has 4 rings (SSSR count). The molecule has 30 heavy (non-hydrogen) atoms. The molecule has 3 aromatic rings. The fourth-order valence-corrected chi connectivity index (χ4v) is 4.81. The highest BCUT2D eigenvalue weighted by atomic mass is 35.5. The average Bonchev–Trinajstić information content (AvgIpc) is 3.13. The molecule has 1 atom stereocenters. The van der Waals surface area contributed by atoms with Crippen LogP contribution in [0.25, 0.3) is 11.0 Å². The first-order valence-corrected chi connectivity index (χ1v) is 10.4. The number of carbonyl (C=O) groups excluding carboxylic acids is 2. The minimum absolute atomic E-state index is 0.00195. The zero-order valence-electron chi connectivity index (χ0n) is 17.1. The molecule has 0 aliphatic heterocycles. The summed E-state index contributed by atoms with van der Waals surface area (Å²) in [5.41, 5.74) is 0.846. The number of nitrogens with zero attached hydrogens (tertiary/aromatic N) is 1. The van der Waals surface area contributed by atoms with Crippen LogP contribution in [0.3, 0.4) is 0 Å². The van der Waals surface area contributed by atoms with Gasteiger partial charge in [0.1, 0.15) is 11.1 Å². The van der Waals surface area contributed by atoms with Crippen molar-refractivity contribution in [1.82, 2.24) is 4.90 Å². The van der Waals surface area contributed by atoms with Crippen molar-refractivity contribution >= 4 is 34.3 Å². The summed E-state index contributed by atoms with van der Waals surface area (Å²) in [6.45, 7) is 0.235. The maximum Gasteiger partial charge on any atom is 0.290 e. The van der Waals surface area contributed by atoms with E-state index in [2.05, 4.69) is 0 Å². The Hall–Kier alpha value is -2.63. The molecular formula is C24H24ClNO4. The lowest BCUT2D eigenvalue weighted by Crippen LogP contribution is -2.54. The first-order valence-electron chi connectivity index (χ1n) is 10.1. The van der Waals surface area contributed by atoms with E-state index in [1.165, 1.54) is 4.90 Å². The van der Waals surface area contributed by atoms with Gasteiger partial charge < -0.3 is 14.1 Å². The lowest BCUT2D eigenvalue weighted by molar-refractivity contribution is -0.132. The third kappa shape index (κ3) is 3.22. The number of rotatable bonds is 5. The van der Waals surface area contributed by atoms with Crippen LogP contribution < -0.4 is 0 Å². The summed E-state index contributed by atoms with van der Waals surface area (Å²) in [4.78, 5) is 28.6. The second kappa shape index (κ2) is 8.25. The Balaban J connectivity index is 1.85. The molecule has 0 saturated heterocycles. The van der Waals surface area contributed by atoms with Crippen LogP contribution in [0.1, 0.15) is 47.4 Å². The van der Waals surface area contributed by atoms with Crippen molar-refractivity contribution in [3.8, 4) is 0 Å². The Morgan fingerprint density at radius 1 is 1.17 bits per heavy atom. The standard InChI is InChI=1S/C24H24ClNO4/c1-26(23(28)22-17(15-29-2)16-9-3-6-12-20(16)30-22)24(14-8-7-13-21(24)27)18-10-4-5-11-19(18)25/h3-6,9-12H,7-8,13-15H2,1-2H3. The van der Waals surface area contributed by atoms with Crippen molar-refractivity contribution in [2.45, 2.75) is 37.8 Å². The van der Waals surface area contributed by atoms with Crippen molar-refractivity contribution in [1.29, 1.82) is 0 Å². The van der Waals surface area contributed by atoms with Crippen LogP contribution in [0.15, 0.2) is 52.9 Å². The molecule has 0 bridgehead atoms. The summed E-state index contributed by atoms with van der Waals surface area (Å²) in [6.07, 6.45) is 2.58. The van der Waals surface area contributed by atoms with E-state index in [4.69, 9.17) is 20.8 Å². The van der Waals surface area contributed by atoms with Crippen LogP contribution in [0.4, 0.5) is 0 Å². The SMILES string of the molecule is COCc1c(C(=O)N(C)C2(c3ccccc3Cl)CCCCC2=O)oc2ccccc12. The molecule has 1 saturated carbocycles. The van der Waals surface area contributed by atoms with E-state index in [1.807, 2.05) is 42.5 Å². The van der Waals surface area contributed by atoms with Gasteiger partial charge in [0.05, 0.1) is 6.61 Å². The van der Waals surface area contributed by atoms with Crippen molar-refractivity contribution < 1.29 is 18.7 Å². The fraction of sp³-hybridized carbons (Fsp3) is 0.333. The first-order chi connectivity index (χ1) is 14.5. The minimum Gasteiger partial charge on any atom is -0.451 e. The van der Waals surface area contributed by atoms with Crippen LogP contribution in [0.5, 0.6) is 0 Å². The number of methoxy groups -OCH3 is 1. The Morgan fingerprint density at radius 3 is 2.63 bits per heavy atom. The molecule has 6 heteroatoms. The normalized spacial score (nSPS) is 19.2. The number of benzene rings is 2. The van der Waals surface area contributed by atoms with Gasteiger partial charge in [-0.3, -0.25) is 9.59 Å². The molecular weight excluding hydrogens is 402 g/mol. The molecule has 0 radical (unpaired) electrons. The third-order valence-electron chi connectivity index (χ3n) is 6.03. The second-order valence-corrected chi connectivity index (χ2v) is 8.08. The molecule has 1 heterocycles. The summed E-state index contributed by atoms with van der Waals surface area (Å²) < 4.78 is 11.3. The molecule has 2 aromatic carbocycles. The number of carbonyl (C=O) groups is 2. The topological polar surface area (TPSA) is 59.8 Å². The Bertz CT molecular complexity index is 1110. The predicted octanol–water partition coefficient (Wildman–Crippen LogP) is 5.34. The number of hydrogen-bond donors (Lipinski definition) is 0. The smallest absolute Gasteiger partial charge is 0.290 e. The van der Waals surface area contributed by atoms with Gasteiger partial charge in [0.2, 0.25) is 0 Å². The summed E-state index contributed by atoms with van der Waals surface area (Å²) in [6, 6.07) is 14.7. The molecule has 0 spiro atoms. The molecule has 1 unspecified atom stereocenters. The maximum absolute atomic E-state index is 13.7. The molecule has 156 valence electrons. The zero-order valence-corrected chi connectivity index (χ0v) is 17.9. The molecule has 1 fully saturated rings. The Morgan fingerprint density at radius 2 is 1.90 bits per heavy atom. The minimum atomic E-state index is -1.11. The van der Waals surface area contributed by atoms with E-state index in [0.717, 1.165) is 18.2 Å². The van der Waals surface area contributed by atoms with Gasteiger partial charge in [0, 0.05) is 42.1 Å². The van der Waals surface area contributed by atoms with Gasteiger partial charge >= 0.3 is 0 Å². The highest BCUT2D eigenvalue weighted by Gasteiger charge is 2.49. The predicted molar refractivity (Wildman–Crippen MR) is 116 cm³/mol. The van der Waals surface area contributed by atoms with Crippen molar-refractivity contribution in [2.75, 3.05) is 14.2 Å². The summed E-state index contributed by atoms with van der Waals surface area (Å²) in [5, 5.41) is 1.31. The van der Waals surface area contributed by atoms with Gasteiger partial charge in [-0.2, -0.15) is 0 Å². The van der Waals surface area contributed by atoms with Crippen LogP contribution in [0, 0.1) is 0 Å². The van der Waals surface area contributed by atoms with Gasteiger partial charge in [-0.25, -0.2) is 0 Å². The van der Waals surface area contributed by atoms with Gasteiger partial charge in [0.15, 0.2) is 11.5 Å². The monoisotopic (exact) mass is 425 g/mol. The number of amides is 1. The zero-order chi connectivity index (χ0) is 21.3. The van der Waals surface area contributed by atoms with Crippen molar-refractivity contribution in [2.24, 2.45) is 0 Å². The fourth-order valence-electron chi connectivity index (χ4n) is 4.51. The van der Waals surface area contributed by atoms with E-state index in [9.17, 15) is 9.59 Å². The average molecular weight is 426 g/mol. The number of ether oxygens (including phenoxy) is 1. The third-order valence-corrected chi connectivity index (χ3v) is 6.36. The van der Waals surface area contributed by atoms with E-state index in [-0.39, 0.29) is 24.1 Å². The van der Waals surface area contributed by atoms with Crippen LogP contribution in [-0.2, 0) is 21.7 Å². The lowest BCUT2D eigenvalue weighted by Gasteiger charge is -2.43. The quantitative estimate of drug-likeness (QED) is 0.553. The van der Waals surface area contributed by atoms with E-state index < -0.39 is 5.54 Å². The maximum atomic E-state index is 13.7. The van der Waals surface area contributed by atoms with E-state index >= 15 is 0 Å². The summed E-state index contributed by atoms with van der Waals surface area (Å²) >= 11 is 6.52. The largest absolute Gasteiger partial charge is 0.451 e. The number of hydrogen-bond acceptors (Lipinski definition) is 4. The molecule has 5 nitrogen and oxygen atoms in total. The van der Waals surface area contributed by atoms with Gasteiger partial charge in [-0.05, 0) is 31.4 Å². The van der Waals surface area contributed by atoms with E-state index in [0.29, 0.717) is 34.6 Å². The van der Waals surface area contributed by atoms with Crippen molar-refractivity contribution in [3.05, 3.63) is 70.4 Å². The molecule has 1 amide bonds. The molecule has 0 N–H and O–H groups in total. The molecule has 1 aliphatic rings. The number of para-hydroxylation sites is 1. The van der Waals surface area contributed by atoms with Gasteiger partial charge in [-0.15, -0.1) is 0 Å². The van der Waals surface area contributed by atoms with E-state index in [1.54, 1.807) is 20.2 Å². The first kappa shape index (κ1) is 20.6. The van der Waals surface area contributed by atoms with Gasteiger partial charge in [0.25, 0.3) is 5.91 Å². The highest BCUT2D eigenvalue weighted by molar-refractivity contribution is 6.31. The molecule has 1 aromatic heterocycles. The molecule has 1 aliphatic carbocycles.